The molecule has 0 unspecified atom stereocenters. The zero-order valence-electron chi connectivity index (χ0n) is 23.1. The van der Waals surface area contributed by atoms with E-state index in [9.17, 15) is 23.1 Å². The van der Waals surface area contributed by atoms with E-state index in [1.54, 1.807) is 0 Å². The molecule has 4 rings (SSSR count). The van der Waals surface area contributed by atoms with Crippen LogP contribution in [0.5, 0.6) is 0 Å². The molecule has 0 bridgehead atoms. The van der Waals surface area contributed by atoms with Crippen LogP contribution in [0.3, 0.4) is 0 Å². The quantitative estimate of drug-likeness (QED) is 0.430. The lowest BCUT2D eigenvalue weighted by atomic mass is 9.82. The summed E-state index contributed by atoms with van der Waals surface area (Å²) in [5.74, 6) is 1.26. The number of aliphatic hydroxyl groups excluding tert-OH is 1. The maximum absolute atomic E-state index is 13.6. The number of hydrogen-bond acceptors (Lipinski definition) is 5. The van der Waals surface area contributed by atoms with Gasteiger partial charge in [-0.25, -0.2) is 8.42 Å². The molecule has 0 saturated heterocycles. The summed E-state index contributed by atoms with van der Waals surface area (Å²) in [6.45, 7) is 3.91. The highest BCUT2D eigenvalue weighted by molar-refractivity contribution is 7.92. The van der Waals surface area contributed by atoms with Crippen molar-refractivity contribution in [2.75, 3.05) is 12.4 Å². The summed E-state index contributed by atoms with van der Waals surface area (Å²) < 4.78 is 25.2. The molecule has 4 saturated carbocycles. The van der Waals surface area contributed by atoms with Crippen molar-refractivity contribution >= 4 is 21.7 Å². The summed E-state index contributed by atoms with van der Waals surface area (Å²) in [7, 11) is -2.98. The third-order valence-electron chi connectivity index (χ3n) is 9.60. The largest absolute Gasteiger partial charge is 0.394 e. The van der Waals surface area contributed by atoms with Gasteiger partial charge in [0.15, 0.2) is 9.84 Å². The number of sulfone groups is 1. The maximum Gasteiger partial charge on any atom is 0.226 e. The number of hydrogen-bond donors (Lipinski definition) is 2. The minimum Gasteiger partial charge on any atom is -0.394 e. The van der Waals surface area contributed by atoms with E-state index in [1.807, 2.05) is 18.7 Å². The second-order valence-electron chi connectivity index (χ2n) is 13.2. The van der Waals surface area contributed by atoms with E-state index >= 15 is 0 Å². The van der Waals surface area contributed by atoms with Crippen molar-refractivity contribution in [2.45, 2.75) is 139 Å². The molecule has 0 aromatic heterocycles. The highest BCUT2D eigenvalue weighted by atomic mass is 32.2. The zero-order valence-corrected chi connectivity index (χ0v) is 23.9. The van der Waals surface area contributed by atoms with E-state index < -0.39 is 15.4 Å². The molecule has 212 valence electrons. The standard InChI is InChI=1S/C29H50N2O5S/c1-29(2,20-32)31(25-6-4-3-5-7-25)28(34)23-12-14-24(15-13-23)30-27(33)18-21-10-16-26(17-11-21)37(35,36)19-22-8-9-22/h21-26,32H,3-20H2,1-2H3,(H,30,33). The van der Waals surface area contributed by atoms with Gasteiger partial charge in [-0.2, -0.15) is 0 Å². The zero-order chi connectivity index (χ0) is 26.6. The number of rotatable bonds is 10. The highest BCUT2D eigenvalue weighted by Crippen LogP contribution is 2.37. The summed E-state index contributed by atoms with van der Waals surface area (Å²) in [5, 5.41) is 13.0. The first-order chi connectivity index (χ1) is 17.6. The van der Waals surface area contributed by atoms with Gasteiger partial charge >= 0.3 is 0 Å². The number of aliphatic hydroxyl groups is 1. The van der Waals surface area contributed by atoms with Gasteiger partial charge < -0.3 is 15.3 Å². The molecule has 2 amide bonds. The molecule has 8 heteroatoms. The third-order valence-corrected chi connectivity index (χ3v) is 12.0. The lowest BCUT2D eigenvalue weighted by molar-refractivity contribution is -0.148. The topological polar surface area (TPSA) is 104 Å². The molecule has 0 spiro atoms. The fourth-order valence-electron chi connectivity index (χ4n) is 7.06. The molecule has 0 aromatic rings. The molecular weight excluding hydrogens is 488 g/mol. The maximum atomic E-state index is 13.6. The lowest BCUT2D eigenvalue weighted by Gasteiger charge is -2.46. The molecule has 0 atom stereocenters. The molecule has 4 aliphatic rings. The predicted molar refractivity (Wildman–Crippen MR) is 146 cm³/mol. The smallest absolute Gasteiger partial charge is 0.226 e. The van der Waals surface area contributed by atoms with Gasteiger partial charge in [0.1, 0.15) is 0 Å². The van der Waals surface area contributed by atoms with Crippen molar-refractivity contribution in [3.05, 3.63) is 0 Å². The molecule has 4 fully saturated rings. The van der Waals surface area contributed by atoms with E-state index in [2.05, 4.69) is 5.32 Å². The van der Waals surface area contributed by atoms with Gasteiger partial charge in [0.2, 0.25) is 11.8 Å². The van der Waals surface area contributed by atoms with Crippen molar-refractivity contribution < 1.29 is 23.1 Å². The first-order valence-corrected chi connectivity index (χ1v) is 16.8. The van der Waals surface area contributed by atoms with Crippen LogP contribution >= 0.6 is 0 Å². The Morgan fingerprint density at radius 2 is 1.43 bits per heavy atom. The summed E-state index contributed by atoms with van der Waals surface area (Å²) in [6, 6.07) is 0.334. The molecule has 0 aliphatic heterocycles. The summed E-state index contributed by atoms with van der Waals surface area (Å²) in [6.07, 6.45) is 14.4. The van der Waals surface area contributed by atoms with Crippen LogP contribution in [0.15, 0.2) is 0 Å². The van der Waals surface area contributed by atoms with Crippen LogP contribution in [0.2, 0.25) is 0 Å². The van der Waals surface area contributed by atoms with Crippen LogP contribution in [0, 0.1) is 17.8 Å². The molecule has 0 heterocycles. The predicted octanol–water partition coefficient (Wildman–Crippen LogP) is 4.37. The Labute approximate surface area is 224 Å². The Bertz CT molecular complexity index is 878. The van der Waals surface area contributed by atoms with Crippen molar-refractivity contribution in [3.63, 3.8) is 0 Å². The van der Waals surface area contributed by atoms with Crippen LogP contribution in [-0.2, 0) is 19.4 Å². The van der Waals surface area contributed by atoms with Gasteiger partial charge in [-0.05, 0) is 103 Å². The minimum atomic E-state index is -2.98. The number of nitrogens with one attached hydrogen (secondary N) is 1. The first kappa shape index (κ1) is 28.8. The number of carbonyl (C=O) groups excluding carboxylic acids is 2. The van der Waals surface area contributed by atoms with Crippen LogP contribution in [0.25, 0.3) is 0 Å². The summed E-state index contributed by atoms with van der Waals surface area (Å²) in [4.78, 5) is 28.4. The van der Waals surface area contributed by atoms with E-state index in [-0.39, 0.29) is 47.6 Å². The second kappa shape index (κ2) is 12.4. The Balaban J connectivity index is 1.20. The normalized spacial score (nSPS) is 30.0. The summed E-state index contributed by atoms with van der Waals surface area (Å²) in [5.41, 5.74) is -0.555. The Morgan fingerprint density at radius 1 is 0.838 bits per heavy atom. The molecule has 7 nitrogen and oxygen atoms in total. The van der Waals surface area contributed by atoms with Gasteiger partial charge in [0, 0.05) is 24.4 Å². The van der Waals surface area contributed by atoms with Crippen LogP contribution < -0.4 is 5.32 Å². The minimum absolute atomic E-state index is 0.0327. The van der Waals surface area contributed by atoms with Crippen LogP contribution in [-0.4, -0.2) is 65.5 Å². The number of nitrogens with zero attached hydrogens (tertiary/aromatic N) is 1. The van der Waals surface area contributed by atoms with E-state index in [4.69, 9.17) is 0 Å². The fraction of sp³-hybridized carbons (Fsp3) is 0.931. The van der Waals surface area contributed by atoms with Crippen molar-refractivity contribution in [1.82, 2.24) is 10.2 Å². The lowest BCUT2D eigenvalue weighted by Crippen LogP contribution is -2.57. The third kappa shape index (κ3) is 7.71. The van der Waals surface area contributed by atoms with Gasteiger partial charge in [-0.3, -0.25) is 9.59 Å². The Morgan fingerprint density at radius 3 is 2.00 bits per heavy atom. The monoisotopic (exact) mass is 538 g/mol. The molecule has 37 heavy (non-hydrogen) atoms. The molecule has 2 N–H and O–H groups in total. The average Bonchev–Trinajstić information content (AvgIpc) is 3.68. The van der Waals surface area contributed by atoms with Crippen LogP contribution in [0.1, 0.15) is 117 Å². The first-order valence-electron chi connectivity index (χ1n) is 15.0. The molecule has 4 aliphatic carbocycles. The van der Waals surface area contributed by atoms with Crippen molar-refractivity contribution in [2.24, 2.45) is 17.8 Å². The van der Waals surface area contributed by atoms with Crippen molar-refractivity contribution in [3.8, 4) is 0 Å². The highest BCUT2D eigenvalue weighted by Gasteiger charge is 2.41. The van der Waals surface area contributed by atoms with Gasteiger partial charge in [0.05, 0.1) is 23.1 Å². The molecule has 0 radical (unpaired) electrons. The molecule has 0 aromatic carbocycles. The molecular formula is C29H50N2O5S. The summed E-state index contributed by atoms with van der Waals surface area (Å²) >= 11 is 0. The van der Waals surface area contributed by atoms with Crippen molar-refractivity contribution in [1.29, 1.82) is 0 Å². The van der Waals surface area contributed by atoms with Gasteiger partial charge in [0.25, 0.3) is 0 Å². The van der Waals surface area contributed by atoms with Crippen LogP contribution in [0.4, 0.5) is 0 Å². The average molecular weight is 539 g/mol. The van der Waals surface area contributed by atoms with E-state index in [1.165, 1.54) is 6.42 Å². The Kier molecular flexibility index (Phi) is 9.63. The number of amides is 2. The number of carbonyl (C=O) groups is 2. The fourth-order valence-corrected chi connectivity index (χ4v) is 9.32. The second-order valence-corrected chi connectivity index (χ2v) is 15.5. The SMILES string of the molecule is CC(C)(CO)N(C(=O)C1CCC(NC(=O)CC2CCC(S(=O)(=O)CC3CC3)CC2)CC1)C1CCCCC1. The van der Waals surface area contributed by atoms with Gasteiger partial charge in [-0.1, -0.05) is 19.3 Å². The van der Waals surface area contributed by atoms with Gasteiger partial charge in [-0.15, -0.1) is 0 Å². The van der Waals surface area contributed by atoms with E-state index in [0.717, 1.165) is 77.0 Å². The van der Waals surface area contributed by atoms with E-state index in [0.29, 0.717) is 30.9 Å². The Hall–Kier alpha value is -1.15.